The van der Waals surface area contributed by atoms with Crippen molar-refractivity contribution in [2.24, 2.45) is 0 Å². The fourth-order valence-electron chi connectivity index (χ4n) is 3.46. The number of hydrogen-bond donors (Lipinski definition) is 3. The van der Waals surface area contributed by atoms with Gasteiger partial charge in [-0.15, -0.1) is 0 Å². The molecule has 3 N–H and O–H groups in total. The van der Waals surface area contributed by atoms with Gasteiger partial charge in [-0.3, -0.25) is 9.36 Å². The molecule has 0 aromatic heterocycles. The van der Waals surface area contributed by atoms with E-state index >= 15 is 0 Å². The molecule has 0 saturated carbocycles. The van der Waals surface area contributed by atoms with Crippen LogP contribution in [0.1, 0.15) is 98.8 Å². The molecular weight excluding hydrogens is 423 g/mol. The van der Waals surface area contributed by atoms with Gasteiger partial charge in [0.05, 0.1) is 0 Å². The number of Topliss-reactive ketones (excluding diaryl/α,β-unsaturated/α-hetero) is 1. The lowest BCUT2D eigenvalue weighted by Gasteiger charge is -2.28. The van der Waals surface area contributed by atoms with Gasteiger partial charge in [-0.25, -0.2) is 0 Å². The lowest BCUT2D eigenvalue weighted by Crippen LogP contribution is -2.32. The van der Waals surface area contributed by atoms with Gasteiger partial charge in [-0.05, 0) is 66.4 Å². The topological polar surface area (TPSA) is 94.8 Å². The molecule has 32 heavy (non-hydrogen) atoms. The molecule has 0 spiro atoms. The number of hydrogen-bond acceptors (Lipinski definition) is 3. The zero-order chi connectivity index (χ0) is 25.3. The van der Waals surface area contributed by atoms with Crippen molar-refractivity contribution in [1.29, 1.82) is 0 Å². The third-order valence-electron chi connectivity index (χ3n) is 5.92. The van der Waals surface area contributed by atoms with Crippen molar-refractivity contribution in [2.45, 2.75) is 98.1 Å². The predicted molar refractivity (Wildman–Crippen MR) is 133 cm³/mol. The zero-order valence-electron chi connectivity index (χ0n) is 21.3. The Morgan fingerprint density at radius 2 is 1.31 bits per heavy atom. The summed E-state index contributed by atoms with van der Waals surface area (Å²) in [5.74, 6) is -0.232. The van der Waals surface area contributed by atoms with Crippen LogP contribution in [0.25, 0.3) is 5.57 Å². The minimum atomic E-state index is -4.60. The van der Waals surface area contributed by atoms with Crippen LogP contribution in [-0.2, 0) is 20.2 Å². The molecule has 0 saturated heterocycles. The van der Waals surface area contributed by atoms with E-state index in [1.54, 1.807) is 13.0 Å². The number of carbonyl (C=O) groups is 1. The number of phenols is 1. The lowest BCUT2D eigenvalue weighted by molar-refractivity contribution is -0.117. The Hall–Kier alpha value is -1.68. The van der Waals surface area contributed by atoms with E-state index in [1.165, 1.54) is 13.8 Å². The van der Waals surface area contributed by atoms with E-state index in [9.17, 15) is 24.3 Å². The van der Waals surface area contributed by atoms with E-state index in [4.69, 9.17) is 0 Å². The molecule has 0 atom stereocenters. The summed E-state index contributed by atoms with van der Waals surface area (Å²) in [5, 5.41) is 9.21. The van der Waals surface area contributed by atoms with Gasteiger partial charge in [0.1, 0.15) is 10.9 Å². The monoisotopic (exact) mass is 464 g/mol. The summed E-state index contributed by atoms with van der Waals surface area (Å²) in [7, 11) is -4.60. The molecular formula is C26H41O5P. The molecule has 0 fully saturated rings. The van der Waals surface area contributed by atoms with Crippen LogP contribution in [0.3, 0.4) is 0 Å². The zero-order valence-corrected chi connectivity index (χ0v) is 22.2. The van der Waals surface area contributed by atoms with Gasteiger partial charge in [-0.2, -0.15) is 0 Å². The van der Waals surface area contributed by atoms with Crippen molar-refractivity contribution < 1.29 is 24.3 Å². The first-order chi connectivity index (χ1) is 14.3. The summed E-state index contributed by atoms with van der Waals surface area (Å²) in [6, 6.07) is 4.00. The highest BCUT2D eigenvalue weighted by atomic mass is 31.2. The highest BCUT2D eigenvalue weighted by Crippen LogP contribution is 2.51. The summed E-state index contributed by atoms with van der Waals surface area (Å²) >= 11 is 0. The molecule has 0 aliphatic rings. The van der Waals surface area contributed by atoms with Crippen LogP contribution in [0.5, 0.6) is 5.75 Å². The van der Waals surface area contributed by atoms with Crippen molar-refractivity contribution in [2.75, 3.05) is 0 Å². The molecule has 5 nitrogen and oxygen atoms in total. The van der Waals surface area contributed by atoms with Crippen molar-refractivity contribution in [3.63, 3.8) is 0 Å². The van der Waals surface area contributed by atoms with Gasteiger partial charge in [-0.1, -0.05) is 67.5 Å². The molecule has 1 rings (SSSR count). The van der Waals surface area contributed by atoms with Crippen molar-refractivity contribution in [3.8, 4) is 5.75 Å². The number of rotatable bonds is 7. The molecule has 0 bridgehead atoms. The number of benzene rings is 1. The van der Waals surface area contributed by atoms with Crippen LogP contribution in [0, 0.1) is 0 Å². The van der Waals surface area contributed by atoms with Gasteiger partial charge in [0, 0.05) is 11.1 Å². The van der Waals surface area contributed by atoms with Gasteiger partial charge in [0.15, 0.2) is 5.78 Å². The summed E-state index contributed by atoms with van der Waals surface area (Å²) < 4.78 is 11.8. The molecule has 1 aromatic rings. The van der Waals surface area contributed by atoms with Crippen molar-refractivity contribution in [1.82, 2.24) is 0 Å². The molecule has 0 heterocycles. The van der Waals surface area contributed by atoms with E-state index in [1.807, 2.05) is 25.1 Å². The van der Waals surface area contributed by atoms with E-state index < -0.39 is 18.5 Å². The smallest absolute Gasteiger partial charge is 0.338 e. The van der Waals surface area contributed by atoms with E-state index in [2.05, 4.69) is 41.5 Å². The SMILES string of the molecule is CCC(=CC=C(CC)c1cc(C(C)(C)C)c(O)c(C(C)(C)C)c1)C(=O)C(C)(C)P(=O)(O)O. The van der Waals surface area contributed by atoms with Gasteiger partial charge < -0.3 is 14.9 Å². The first-order valence-electron chi connectivity index (χ1n) is 11.2. The molecule has 6 heteroatoms. The predicted octanol–water partition coefficient (Wildman–Crippen LogP) is 6.64. The van der Waals surface area contributed by atoms with Crippen molar-refractivity contribution in [3.05, 3.63) is 46.5 Å². The van der Waals surface area contributed by atoms with Gasteiger partial charge in [0.2, 0.25) is 0 Å². The molecule has 0 radical (unpaired) electrons. The third kappa shape index (κ3) is 6.21. The quantitative estimate of drug-likeness (QED) is 0.239. The molecule has 0 amide bonds. The van der Waals surface area contributed by atoms with Crippen LogP contribution in [0.2, 0.25) is 0 Å². The maximum atomic E-state index is 12.9. The first-order valence-corrected chi connectivity index (χ1v) is 12.8. The van der Waals surface area contributed by atoms with Crippen LogP contribution < -0.4 is 0 Å². The Kier molecular flexibility index (Phi) is 8.57. The second-order valence-electron chi connectivity index (χ2n) is 10.9. The number of carbonyl (C=O) groups excluding carboxylic acids is 1. The van der Waals surface area contributed by atoms with Crippen LogP contribution in [-0.4, -0.2) is 25.8 Å². The minimum Gasteiger partial charge on any atom is -0.507 e. The van der Waals surface area contributed by atoms with Crippen LogP contribution in [0.15, 0.2) is 29.9 Å². The fraction of sp³-hybridized carbons (Fsp3) is 0.577. The first kappa shape index (κ1) is 28.4. The summed E-state index contributed by atoms with van der Waals surface area (Å²) in [6.07, 6.45) is 4.60. The second kappa shape index (κ2) is 9.67. The highest BCUT2D eigenvalue weighted by molar-refractivity contribution is 7.54. The summed E-state index contributed by atoms with van der Waals surface area (Å²) in [5.41, 5.74) is 3.52. The van der Waals surface area contributed by atoms with Crippen LogP contribution in [0.4, 0.5) is 0 Å². The largest absolute Gasteiger partial charge is 0.507 e. The van der Waals surface area contributed by atoms with E-state index in [0.717, 1.165) is 22.3 Å². The summed E-state index contributed by atoms with van der Waals surface area (Å²) in [4.78, 5) is 32.1. The Balaban J connectivity index is 3.69. The average molecular weight is 465 g/mol. The van der Waals surface area contributed by atoms with Crippen molar-refractivity contribution >= 4 is 19.0 Å². The number of phenolic OH excluding ortho intramolecular Hbond substituents is 1. The maximum Gasteiger partial charge on any atom is 0.338 e. The highest BCUT2D eigenvalue weighted by Gasteiger charge is 2.45. The van der Waals surface area contributed by atoms with Gasteiger partial charge >= 0.3 is 7.60 Å². The fourth-order valence-corrected chi connectivity index (χ4v) is 3.87. The lowest BCUT2D eigenvalue weighted by atomic mass is 9.77. The Bertz CT molecular complexity index is 928. The Labute approximate surface area is 193 Å². The number of ketones is 1. The van der Waals surface area contributed by atoms with Gasteiger partial charge in [0.25, 0.3) is 0 Å². The number of allylic oxidation sites excluding steroid dienone is 4. The number of aromatic hydroxyl groups is 1. The molecule has 0 unspecified atom stereocenters. The Morgan fingerprint density at radius 1 is 0.875 bits per heavy atom. The molecule has 180 valence electrons. The third-order valence-corrected chi connectivity index (χ3v) is 7.58. The van der Waals surface area contributed by atoms with E-state index in [0.29, 0.717) is 24.2 Å². The minimum absolute atomic E-state index is 0.257. The Morgan fingerprint density at radius 3 is 1.62 bits per heavy atom. The average Bonchev–Trinajstić information content (AvgIpc) is 2.62. The molecule has 1 aromatic carbocycles. The molecule has 0 aliphatic carbocycles. The van der Waals surface area contributed by atoms with Crippen LogP contribution >= 0.6 is 7.60 Å². The standard InChI is InChI=1S/C26H41O5P/c1-11-17(13-14-18(12-2)23(28)26(9,10)32(29,30)31)19-15-20(24(3,4)5)22(27)21(16-19)25(6,7)8/h13-16,27H,11-12H2,1-10H3,(H2,29,30,31). The molecule has 0 aliphatic heterocycles. The summed E-state index contributed by atoms with van der Waals surface area (Å²) in [6.45, 7) is 18.8. The van der Waals surface area contributed by atoms with E-state index in [-0.39, 0.29) is 10.8 Å². The maximum absolute atomic E-state index is 12.9. The second-order valence-corrected chi connectivity index (χ2v) is 13.1. The normalized spacial score (nSPS) is 14.6.